The van der Waals surface area contributed by atoms with Crippen molar-refractivity contribution in [2.45, 2.75) is 6.04 Å². The van der Waals surface area contributed by atoms with Gasteiger partial charge >= 0.3 is 5.63 Å². The number of benzene rings is 3. The molecule has 0 aliphatic carbocycles. The molecule has 0 aliphatic rings. The molecule has 1 unspecified atom stereocenters. The van der Waals surface area contributed by atoms with E-state index in [-0.39, 0.29) is 6.04 Å². The molecule has 5 rings (SSSR count). The number of hydrogen-bond acceptors (Lipinski definition) is 5. The topological polar surface area (TPSA) is 81.0 Å². The zero-order valence-electron chi connectivity index (χ0n) is 16.9. The van der Waals surface area contributed by atoms with Crippen LogP contribution in [0.15, 0.2) is 107 Å². The summed E-state index contributed by atoms with van der Waals surface area (Å²) < 4.78 is 13.3. The average molecular weight is 419 g/mol. The van der Waals surface area contributed by atoms with Gasteiger partial charge < -0.3 is 13.7 Å². The first kappa shape index (κ1) is 19.3. The number of imidazole rings is 1. The number of nitriles is 1. The van der Waals surface area contributed by atoms with Crippen molar-refractivity contribution in [2.24, 2.45) is 0 Å². The fraction of sp³-hybridized carbons (Fsp3) is 0.0385. The first-order chi connectivity index (χ1) is 15.7. The molecule has 0 radical (unpaired) electrons. The molecule has 0 saturated carbocycles. The fourth-order valence-corrected chi connectivity index (χ4v) is 3.76. The maximum absolute atomic E-state index is 12.5. The number of para-hydroxylation sites is 1. The molecule has 6 nitrogen and oxygen atoms in total. The Hall–Kier alpha value is -4.63. The van der Waals surface area contributed by atoms with Crippen LogP contribution in [0.3, 0.4) is 0 Å². The number of hydrogen-bond donors (Lipinski definition) is 0. The lowest BCUT2D eigenvalue weighted by molar-refractivity contribution is 0.480. The maximum Gasteiger partial charge on any atom is 0.336 e. The normalized spacial score (nSPS) is 11.7. The summed E-state index contributed by atoms with van der Waals surface area (Å²) in [5, 5.41) is 9.93. The number of rotatable bonds is 5. The summed E-state index contributed by atoms with van der Waals surface area (Å²) >= 11 is 0. The van der Waals surface area contributed by atoms with E-state index in [1.54, 1.807) is 30.7 Å². The quantitative estimate of drug-likeness (QED) is 0.362. The van der Waals surface area contributed by atoms with Crippen LogP contribution in [-0.4, -0.2) is 9.55 Å². The van der Waals surface area contributed by atoms with Gasteiger partial charge in [-0.15, -0.1) is 0 Å². The molecule has 2 heterocycles. The monoisotopic (exact) mass is 419 g/mol. The van der Waals surface area contributed by atoms with E-state index in [1.807, 2.05) is 65.4 Å². The second kappa shape index (κ2) is 8.25. The van der Waals surface area contributed by atoms with E-state index in [0.29, 0.717) is 22.6 Å². The van der Waals surface area contributed by atoms with E-state index in [0.717, 1.165) is 16.5 Å². The summed E-state index contributed by atoms with van der Waals surface area (Å²) in [7, 11) is 0. The van der Waals surface area contributed by atoms with Crippen LogP contribution in [0.1, 0.15) is 22.7 Å². The molecule has 0 bridgehead atoms. The van der Waals surface area contributed by atoms with Crippen LogP contribution in [0, 0.1) is 11.3 Å². The van der Waals surface area contributed by atoms with Gasteiger partial charge in [-0.25, -0.2) is 9.78 Å². The predicted octanol–water partition coefficient (Wildman–Crippen LogP) is 5.29. The van der Waals surface area contributed by atoms with E-state index >= 15 is 0 Å². The third-order valence-electron chi connectivity index (χ3n) is 5.20. The highest BCUT2D eigenvalue weighted by Crippen LogP contribution is 2.33. The molecule has 2 aromatic heterocycles. The first-order valence-corrected chi connectivity index (χ1v) is 9.99. The van der Waals surface area contributed by atoms with E-state index in [9.17, 15) is 4.79 Å². The first-order valence-electron chi connectivity index (χ1n) is 9.99. The average Bonchev–Trinajstić information content (AvgIpc) is 3.34. The third-order valence-corrected chi connectivity index (χ3v) is 5.20. The van der Waals surface area contributed by atoms with Crippen molar-refractivity contribution in [2.75, 3.05) is 0 Å². The Labute approximate surface area is 183 Å². The van der Waals surface area contributed by atoms with E-state index in [2.05, 4.69) is 11.1 Å². The number of ether oxygens (including phenoxy) is 1. The molecule has 0 saturated heterocycles. The molecule has 6 heteroatoms. The third kappa shape index (κ3) is 3.75. The second-order valence-electron chi connectivity index (χ2n) is 7.24. The minimum Gasteiger partial charge on any atom is -0.457 e. The largest absolute Gasteiger partial charge is 0.457 e. The Morgan fingerprint density at radius 2 is 1.78 bits per heavy atom. The van der Waals surface area contributed by atoms with Crippen molar-refractivity contribution in [3.8, 4) is 17.6 Å². The lowest BCUT2D eigenvalue weighted by Gasteiger charge is -2.21. The zero-order valence-corrected chi connectivity index (χ0v) is 16.9. The summed E-state index contributed by atoms with van der Waals surface area (Å²) in [4.78, 5) is 16.7. The summed E-state index contributed by atoms with van der Waals surface area (Å²) in [5.41, 5.74) is 2.23. The number of nitrogens with zero attached hydrogens (tertiary/aromatic N) is 3. The van der Waals surface area contributed by atoms with Crippen LogP contribution < -0.4 is 10.4 Å². The van der Waals surface area contributed by atoms with Gasteiger partial charge in [0.2, 0.25) is 0 Å². The van der Waals surface area contributed by atoms with Gasteiger partial charge in [0.1, 0.15) is 17.1 Å². The van der Waals surface area contributed by atoms with Crippen LogP contribution in [0.2, 0.25) is 0 Å². The molecule has 3 aromatic carbocycles. The molecular weight excluding hydrogens is 402 g/mol. The maximum atomic E-state index is 12.5. The summed E-state index contributed by atoms with van der Waals surface area (Å²) in [6.45, 7) is 0. The Bertz CT molecular complexity index is 1470. The Morgan fingerprint density at radius 1 is 0.969 bits per heavy atom. The van der Waals surface area contributed by atoms with E-state index < -0.39 is 5.63 Å². The van der Waals surface area contributed by atoms with Crippen LogP contribution >= 0.6 is 0 Å². The van der Waals surface area contributed by atoms with Crippen molar-refractivity contribution < 1.29 is 9.15 Å². The van der Waals surface area contributed by atoms with Crippen molar-refractivity contribution in [3.63, 3.8) is 0 Å². The summed E-state index contributed by atoms with van der Waals surface area (Å²) in [5.74, 6) is 1.26. The minimum atomic E-state index is -0.455. The van der Waals surface area contributed by atoms with Gasteiger partial charge in [0.15, 0.2) is 0 Å². The fourth-order valence-electron chi connectivity index (χ4n) is 3.76. The van der Waals surface area contributed by atoms with E-state index in [1.165, 1.54) is 6.07 Å². The van der Waals surface area contributed by atoms with Gasteiger partial charge in [0.05, 0.1) is 24.0 Å². The summed E-state index contributed by atoms with van der Waals surface area (Å²) in [6.07, 6.45) is 5.24. The highest BCUT2D eigenvalue weighted by Gasteiger charge is 2.21. The SMILES string of the molecule is N#Cc1ccc(C(c2cc(=O)oc3cc(Oc4ccccc4)ccc23)n2ccnc2)cc1. The molecule has 0 spiro atoms. The van der Waals surface area contributed by atoms with Gasteiger partial charge in [0.25, 0.3) is 0 Å². The van der Waals surface area contributed by atoms with E-state index in [4.69, 9.17) is 14.4 Å². The number of fused-ring (bicyclic) bond motifs is 1. The smallest absolute Gasteiger partial charge is 0.336 e. The summed E-state index contributed by atoms with van der Waals surface area (Å²) in [6, 6.07) is 25.5. The van der Waals surface area contributed by atoms with Crippen molar-refractivity contribution >= 4 is 11.0 Å². The van der Waals surface area contributed by atoms with Crippen LogP contribution in [0.4, 0.5) is 0 Å². The lowest BCUT2D eigenvalue weighted by Crippen LogP contribution is -2.14. The van der Waals surface area contributed by atoms with Gasteiger partial charge in [-0.05, 0) is 47.5 Å². The molecule has 1 atom stereocenters. The highest BCUT2D eigenvalue weighted by atomic mass is 16.5. The molecule has 5 aromatic rings. The Balaban J connectivity index is 1.65. The molecule has 0 amide bonds. The zero-order chi connectivity index (χ0) is 21.9. The van der Waals surface area contributed by atoms with Crippen molar-refractivity contribution in [3.05, 3.63) is 125 Å². The molecular formula is C26H17N3O3. The van der Waals surface area contributed by atoms with Crippen molar-refractivity contribution in [1.82, 2.24) is 9.55 Å². The standard InChI is InChI=1S/C26H17N3O3/c27-16-18-6-8-19(9-7-18)26(29-13-12-28-17-29)23-15-25(30)32-24-14-21(10-11-22(23)24)31-20-4-2-1-3-5-20/h1-15,17,26H. The van der Waals surface area contributed by atoms with Gasteiger partial charge in [0, 0.05) is 29.9 Å². The predicted molar refractivity (Wildman–Crippen MR) is 120 cm³/mol. The molecule has 0 aliphatic heterocycles. The molecule has 32 heavy (non-hydrogen) atoms. The minimum absolute atomic E-state index is 0.322. The molecule has 0 fully saturated rings. The van der Waals surface area contributed by atoms with Gasteiger partial charge in [-0.1, -0.05) is 30.3 Å². The molecule has 0 N–H and O–H groups in total. The van der Waals surface area contributed by atoms with Crippen LogP contribution in [-0.2, 0) is 0 Å². The Kier molecular flexibility index (Phi) is 4.98. The number of aromatic nitrogens is 2. The Morgan fingerprint density at radius 3 is 2.50 bits per heavy atom. The van der Waals surface area contributed by atoms with Gasteiger partial charge in [-0.3, -0.25) is 0 Å². The van der Waals surface area contributed by atoms with Crippen molar-refractivity contribution in [1.29, 1.82) is 5.26 Å². The highest BCUT2D eigenvalue weighted by molar-refractivity contribution is 5.82. The van der Waals surface area contributed by atoms with Gasteiger partial charge in [-0.2, -0.15) is 5.26 Å². The second-order valence-corrected chi connectivity index (χ2v) is 7.24. The lowest BCUT2D eigenvalue weighted by atomic mass is 9.95. The molecule has 154 valence electrons. The van der Waals surface area contributed by atoms with Crippen LogP contribution in [0.25, 0.3) is 11.0 Å². The van der Waals surface area contributed by atoms with Crippen LogP contribution in [0.5, 0.6) is 11.5 Å².